The minimum atomic E-state index is -0.261. The molecule has 3 heteroatoms. The second-order valence-electron chi connectivity index (χ2n) is 2.60. The highest BCUT2D eigenvalue weighted by Gasteiger charge is 1.98. The molecule has 0 saturated carbocycles. The summed E-state index contributed by atoms with van der Waals surface area (Å²) in [6, 6.07) is 6.29. The Kier molecular flexibility index (Phi) is 2.00. The lowest BCUT2D eigenvalue weighted by Gasteiger charge is -1.98. The number of rotatable bonds is 1. The summed E-state index contributed by atoms with van der Waals surface area (Å²) in [7, 11) is 0. The first-order valence-electron chi connectivity index (χ1n) is 3.88. The number of halogens is 1. The molecule has 0 fully saturated rings. The van der Waals surface area contributed by atoms with Crippen molar-refractivity contribution in [3.63, 3.8) is 0 Å². The van der Waals surface area contributed by atoms with E-state index in [4.69, 9.17) is 0 Å². The number of hydrogen-bond donors (Lipinski definition) is 0. The van der Waals surface area contributed by atoms with Crippen molar-refractivity contribution in [3.05, 3.63) is 48.7 Å². The van der Waals surface area contributed by atoms with E-state index in [2.05, 4.69) is 9.97 Å². The van der Waals surface area contributed by atoms with Crippen molar-refractivity contribution in [1.82, 2.24) is 9.97 Å². The molecule has 2 rings (SSSR count). The summed E-state index contributed by atoms with van der Waals surface area (Å²) >= 11 is 0. The number of benzene rings is 1. The first-order valence-corrected chi connectivity index (χ1v) is 3.88. The van der Waals surface area contributed by atoms with Gasteiger partial charge in [-0.05, 0) is 12.1 Å². The zero-order valence-electron chi connectivity index (χ0n) is 6.81. The Morgan fingerprint density at radius 3 is 2.77 bits per heavy atom. The minimum Gasteiger partial charge on any atom is -0.261 e. The molecule has 0 aliphatic heterocycles. The lowest BCUT2D eigenvalue weighted by molar-refractivity contribution is 0.628. The molecule has 1 aromatic heterocycles. The van der Waals surface area contributed by atoms with Gasteiger partial charge in [0.2, 0.25) is 0 Å². The molecular formula is C10H7FN2. The molecule has 0 amide bonds. The van der Waals surface area contributed by atoms with E-state index >= 15 is 0 Å². The first kappa shape index (κ1) is 7.86. The van der Waals surface area contributed by atoms with E-state index in [-0.39, 0.29) is 5.82 Å². The van der Waals surface area contributed by atoms with Gasteiger partial charge in [0.25, 0.3) is 0 Å². The molecule has 0 atom stereocenters. The summed E-state index contributed by atoms with van der Waals surface area (Å²) in [4.78, 5) is 7.97. The second-order valence-corrected chi connectivity index (χ2v) is 2.60. The van der Waals surface area contributed by atoms with Gasteiger partial charge in [-0.1, -0.05) is 12.1 Å². The van der Waals surface area contributed by atoms with Gasteiger partial charge in [0, 0.05) is 18.0 Å². The summed E-state index contributed by atoms with van der Waals surface area (Å²) in [5.74, 6) is -0.261. The molecule has 1 heterocycles. The molecule has 0 saturated heterocycles. The van der Waals surface area contributed by atoms with Crippen LogP contribution >= 0.6 is 0 Å². The Labute approximate surface area is 75.1 Å². The number of aromatic nitrogens is 2. The van der Waals surface area contributed by atoms with Gasteiger partial charge in [0.05, 0.1) is 11.9 Å². The van der Waals surface area contributed by atoms with Crippen molar-refractivity contribution < 1.29 is 4.39 Å². The predicted molar refractivity (Wildman–Crippen MR) is 47.4 cm³/mol. The highest BCUT2D eigenvalue weighted by atomic mass is 19.1. The highest BCUT2D eigenvalue weighted by Crippen LogP contribution is 2.15. The minimum absolute atomic E-state index is 0.261. The van der Waals surface area contributed by atoms with Crippen molar-refractivity contribution in [2.75, 3.05) is 0 Å². The molecule has 2 nitrogen and oxygen atoms in total. The Bertz CT molecular complexity index is 401. The quantitative estimate of drug-likeness (QED) is 0.662. The lowest BCUT2D eigenvalue weighted by Crippen LogP contribution is -1.84. The van der Waals surface area contributed by atoms with Gasteiger partial charge >= 0.3 is 0 Å². The summed E-state index contributed by atoms with van der Waals surface area (Å²) in [5.41, 5.74) is 1.43. The van der Waals surface area contributed by atoms with Crippen LogP contribution in [0.4, 0.5) is 4.39 Å². The fourth-order valence-electron chi connectivity index (χ4n) is 1.10. The van der Waals surface area contributed by atoms with E-state index in [0.717, 1.165) is 5.56 Å². The van der Waals surface area contributed by atoms with Gasteiger partial charge in [0.15, 0.2) is 0 Å². The molecule has 0 unspecified atom stereocenters. The molecule has 0 N–H and O–H groups in total. The van der Waals surface area contributed by atoms with Crippen molar-refractivity contribution in [1.29, 1.82) is 0 Å². The molecule has 0 bridgehead atoms. The Morgan fingerprint density at radius 1 is 1.15 bits per heavy atom. The lowest BCUT2D eigenvalue weighted by atomic mass is 10.1. The Morgan fingerprint density at radius 2 is 2.08 bits per heavy atom. The van der Waals surface area contributed by atoms with Crippen LogP contribution in [0.5, 0.6) is 0 Å². The van der Waals surface area contributed by atoms with E-state index in [9.17, 15) is 4.39 Å². The predicted octanol–water partition coefficient (Wildman–Crippen LogP) is 2.28. The van der Waals surface area contributed by atoms with E-state index in [1.165, 1.54) is 12.1 Å². The summed E-state index contributed by atoms with van der Waals surface area (Å²) in [5, 5.41) is 0. The van der Waals surface area contributed by atoms with Crippen molar-refractivity contribution >= 4 is 0 Å². The second kappa shape index (κ2) is 3.31. The first-order chi connectivity index (χ1) is 6.36. The van der Waals surface area contributed by atoms with Crippen molar-refractivity contribution in [2.24, 2.45) is 0 Å². The summed E-state index contributed by atoms with van der Waals surface area (Å²) < 4.78 is 12.8. The molecular weight excluding hydrogens is 167 g/mol. The van der Waals surface area contributed by atoms with Gasteiger partial charge in [0.1, 0.15) is 5.82 Å². The normalized spacial score (nSPS) is 9.92. The maximum Gasteiger partial charge on any atom is 0.123 e. The van der Waals surface area contributed by atoms with Crippen LogP contribution in [0, 0.1) is 5.82 Å². The zero-order chi connectivity index (χ0) is 9.10. The average Bonchev–Trinajstić information content (AvgIpc) is 2.19. The zero-order valence-corrected chi connectivity index (χ0v) is 6.81. The van der Waals surface area contributed by atoms with Crippen LogP contribution in [0.3, 0.4) is 0 Å². The highest BCUT2D eigenvalue weighted by molar-refractivity contribution is 5.57. The monoisotopic (exact) mass is 174 g/mol. The largest absolute Gasteiger partial charge is 0.261 e. The maximum atomic E-state index is 12.8. The Hall–Kier alpha value is -1.77. The molecule has 64 valence electrons. The standard InChI is InChI=1S/C10H7FN2/c11-9-3-1-2-8(6-9)10-7-12-4-5-13-10/h1-7H. The SMILES string of the molecule is Fc1cccc(-c2cnccn2)c1. The average molecular weight is 174 g/mol. The van der Waals surface area contributed by atoms with Crippen LogP contribution < -0.4 is 0 Å². The third kappa shape index (κ3) is 1.69. The molecule has 0 aliphatic rings. The molecule has 0 radical (unpaired) electrons. The van der Waals surface area contributed by atoms with Crippen molar-refractivity contribution in [3.8, 4) is 11.3 Å². The molecule has 13 heavy (non-hydrogen) atoms. The molecule has 2 aromatic rings. The van der Waals surface area contributed by atoms with Crippen LogP contribution in [-0.2, 0) is 0 Å². The van der Waals surface area contributed by atoms with Gasteiger partial charge in [-0.15, -0.1) is 0 Å². The third-order valence-electron chi connectivity index (χ3n) is 1.68. The van der Waals surface area contributed by atoms with Gasteiger partial charge in [-0.2, -0.15) is 0 Å². The number of hydrogen-bond acceptors (Lipinski definition) is 2. The van der Waals surface area contributed by atoms with Gasteiger partial charge in [-0.3, -0.25) is 9.97 Å². The van der Waals surface area contributed by atoms with Crippen LogP contribution in [0.2, 0.25) is 0 Å². The molecule has 0 aliphatic carbocycles. The topological polar surface area (TPSA) is 25.8 Å². The van der Waals surface area contributed by atoms with Crippen molar-refractivity contribution in [2.45, 2.75) is 0 Å². The van der Waals surface area contributed by atoms with Crippen LogP contribution in [0.1, 0.15) is 0 Å². The van der Waals surface area contributed by atoms with Gasteiger partial charge in [-0.25, -0.2) is 4.39 Å². The summed E-state index contributed by atoms with van der Waals surface area (Å²) in [6.07, 6.45) is 4.78. The van der Waals surface area contributed by atoms with E-state index in [0.29, 0.717) is 5.69 Å². The van der Waals surface area contributed by atoms with E-state index in [1.807, 2.05) is 0 Å². The van der Waals surface area contributed by atoms with Crippen LogP contribution in [-0.4, -0.2) is 9.97 Å². The van der Waals surface area contributed by atoms with Gasteiger partial charge < -0.3 is 0 Å². The fourth-order valence-corrected chi connectivity index (χ4v) is 1.10. The summed E-state index contributed by atoms with van der Waals surface area (Å²) in [6.45, 7) is 0. The fraction of sp³-hybridized carbons (Fsp3) is 0. The molecule has 0 spiro atoms. The smallest absolute Gasteiger partial charge is 0.123 e. The molecule has 1 aromatic carbocycles. The van der Waals surface area contributed by atoms with Crippen LogP contribution in [0.25, 0.3) is 11.3 Å². The Balaban J connectivity index is 2.48. The van der Waals surface area contributed by atoms with Crippen LogP contribution in [0.15, 0.2) is 42.9 Å². The van der Waals surface area contributed by atoms with E-state index < -0.39 is 0 Å². The van der Waals surface area contributed by atoms with E-state index in [1.54, 1.807) is 30.7 Å². The number of nitrogens with zero attached hydrogens (tertiary/aromatic N) is 2. The third-order valence-corrected chi connectivity index (χ3v) is 1.68. The maximum absolute atomic E-state index is 12.8.